The minimum Gasteiger partial charge on any atom is -0.462 e. The van der Waals surface area contributed by atoms with Crippen molar-refractivity contribution < 1.29 is 38.8 Å². The summed E-state index contributed by atoms with van der Waals surface area (Å²) in [5.41, 5.74) is -0.772. The number of carbonyl (C=O) groups is 3. The first-order valence-electron chi connectivity index (χ1n) is 16.9. The Morgan fingerprint density at radius 3 is 2.40 bits per heavy atom. The molecule has 0 radical (unpaired) electrons. The van der Waals surface area contributed by atoms with Crippen LogP contribution < -0.4 is 4.90 Å². The molecule has 6 fully saturated rings. The summed E-state index contributed by atoms with van der Waals surface area (Å²) in [7, 11) is 0. The largest absolute Gasteiger partial charge is 0.462 e. The molecule has 0 aromatic heterocycles. The molecule has 1 aromatic rings. The van der Waals surface area contributed by atoms with Gasteiger partial charge >= 0.3 is 11.9 Å². The predicted molar refractivity (Wildman–Crippen MR) is 177 cm³/mol. The van der Waals surface area contributed by atoms with E-state index < -0.39 is 75.8 Å². The minimum atomic E-state index is -2.29. The third-order valence-corrected chi connectivity index (χ3v) is 12.6. The second-order valence-corrected chi connectivity index (χ2v) is 15.7. The number of aryl methyl sites for hydroxylation is 1. The second-order valence-electron chi connectivity index (χ2n) is 14.9. The Labute approximate surface area is 286 Å². The zero-order valence-corrected chi connectivity index (χ0v) is 29.0. The van der Waals surface area contributed by atoms with Gasteiger partial charge in [-0.25, -0.2) is 0 Å². The Balaban J connectivity index is 1.25. The molecule has 4 aliphatic carbocycles. The molecule has 2 heterocycles. The summed E-state index contributed by atoms with van der Waals surface area (Å²) in [6, 6.07) is 8.10. The highest BCUT2D eigenvalue weighted by Gasteiger charge is 2.88. The van der Waals surface area contributed by atoms with Crippen LogP contribution >= 0.6 is 23.2 Å². The van der Waals surface area contributed by atoms with E-state index in [1.54, 1.807) is 0 Å². The van der Waals surface area contributed by atoms with Crippen molar-refractivity contribution in [3.8, 4) is 0 Å². The number of hydrogen-bond acceptors (Lipinski definition) is 9. The van der Waals surface area contributed by atoms with Crippen molar-refractivity contribution in [2.24, 2.45) is 34.0 Å². The lowest BCUT2D eigenvalue weighted by Gasteiger charge is -2.74. The van der Waals surface area contributed by atoms with E-state index in [2.05, 4.69) is 11.5 Å². The summed E-state index contributed by atoms with van der Waals surface area (Å²) >= 11 is 11.9. The van der Waals surface area contributed by atoms with Gasteiger partial charge in [-0.05, 0) is 73.1 Å². The van der Waals surface area contributed by atoms with Gasteiger partial charge in [0.05, 0.1) is 6.61 Å². The van der Waals surface area contributed by atoms with Gasteiger partial charge in [-0.2, -0.15) is 0 Å². The average molecular weight is 693 g/mol. The molecule has 4 saturated carbocycles. The van der Waals surface area contributed by atoms with Crippen LogP contribution in [0.1, 0.15) is 64.9 Å². The van der Waals surface area contributed by atoms with Gasteiger partial charge in [0.1, 0.15) is 23.7 Å². The van der Waals surface area contributed by atoms with Gasteiger partial charge in [0.25, 0.3) is 0 Å². The second kappa shape index (κ2) is 12.6. The summed E-state index contributed by atoms with van der Waals surface area (Å²) in [4.78, 5) is 42.5. The number of anilines is 1. The first-order chi connectivity index (χ1) is 22.3. The van der Waals surface area contributed by atoms with E-state index >= 15 is 0 Å². The van der Waals surface area contributed by atoms with Crippen molar-refractivity contribution in [2.45, 2.75) is 89.8 Å². The number of aliphatic hydroxyl groups excluding tert-OH is 1. The van der Waals surface area contributed by atoms with E-state index in [0.29, 0.717) is 63.4 Å². The van der Waals surface area contributed by atoms with Crippen LogP contribution in [0.5, 0.6) is 0 Å². The normalized spacial score (nSPS) is 38.0. The van der Waals surface area contributed by atoms with E-state index in [9.17, 15) is 24.6 Å². The van der Waals surface area contributed by atoms with Crippen molar-refractivity contribution in [2.75, 3.05) is 36.4 Å². The number of nitrogens with zero attached hydrogens (tertiary/aromatic N) is 1. The number of benzene rings is 1. The van der Waals surface area contributed by atoms with E-state index in [1.807, 2.05) is 38.1 Å². The van der Waals surface area contributed by atoms with Crippen LogP contribution in [0, 0.1) is 34.0 Å². The fraction of sp³-hybridized carbons (Fsp3) is 0.694. The third-order valence-electron chi connectivity index (χ3n) is 12.2. The average Bonchev–Trinajstić information content (AvgIpc) is 3.13. The highest BCUT2D eigenvalue weighted by Crippen LogP contribution is 2.77. The minimum absolute atomic E-state index is 0.0262. The van der Waals surface area contributed by atoms with E-state index in [0.717, 1.165) is 11.3 Å². The lowest BCUT2D eigenvalue weighted by Crippen LogP contribution is -2.86. The topological polar surface area (TPSA) is 123 Å². The number of fused-ring (bicyclic) bond motifs is 2. The van der Waals surface area contributed by atoms with Gasteiger partial charge < -0.3 is 29.3 Å². The van der Waals surface area contributed by atoms with Gasteiger partial charge in [0.15, 0.2) is 5.78 Å². The lowest BCUT2D eigenvalue weighted by atomic mass is 9.35. The number of halogens is 2. The number of carbonyl (C=O) groups excluding carboxylic acids is 3. The molecular formula is C36H47Cl2NO8. The van der Waals surface area contributed by atoms with E-state index in [1.165, 1.54) is 6.92 Å². The molecule has 4 unspecified atom stereocenters. The summed E-state index contributed by atoms with van der Waals surface area (Å²) in [6.45, 7) is 11.0. The van der Waals surface area contributed by atoms with Crippen molar-refractivity contribution in [1.82, 2.24) is 0 Å². The molecule has 6 aliphatic rings. The molecule has 2 saturated heterocycles. The molecule has 2 N–H and O–H groups in total. The van der Waals surface area contributed by atoms with Crippen LogP contribution in [0.15, 0.2) is 36.4 Å². The quantitative estimate of drug-likeness (QED) is 0.191. The number of aliphatic hydroxyl groups is 2. The van der Waals surface area contributed by atoms with Crippen LogP contribution in [-0.2, 0) is 35.0 Å². The molecule has 11 heteroatoms. The molecule has 4 bridgehead atoms. The zero-order chi connectivity index (χ0) is 33.9. The predicted octanol–water partition coefficient (Wildman–Crippen LogP) is 4.80. The van der Waals surface area contributed by atoms with Gasteiger partial charge in [-0.1, -0.05) is 32.6 Å². The fourth-order valence-corrected chi connectivity index (χ4v) is 10.9. The molecule has 2 spiro atoms. The monoisotopic (exact) mass is 691 g/mol. The van der Waals surface area contributed by atoms with Gasteiger partial charge in [-0.15, -0.1) is 23.2 Å². The number of hydrogen-bond donors (Lipinski definition) is 2. The number of alkyl halides is 2. The highest BCUT2D eigenvalue weighted by atomic mass is 35.5. The number of ether oxygens (including phenoxy) is 3. The Morgan fingerprint density at radius 1 is 1.09 bits per heavy atom. The Hall–Kier alpha value is -2.17. The fourth-order valence-electron chi connectivity index (χ4n) is 10.5. The van der Waals surface area contributed by atoms with Crippen LogP contribution in [-0.4, -0.2) is 83.5 Å². The maximum absolute atomic E-state index is 14.4. The number of rotatable bonds is 11. The molecule has 9 nitrogen and oxygen atoms in total. The molecule has 47 heavy (non-hydrogen) atoms. The SMILES string of the molecule is C=C1C(=O)C23C(CCC1[C@H]2OC(=O)CCCc1ccc(N(CCCl)CCCl)cc1)C12CO[C@@]3(O)[C@@H](O)[C@@H]1C(C)(C)CC[C@@H]2OC(C)=O. The van der Waals surface area contributed by atoms with E-state index in [4.69, 9.17) is 37.4 Å². The van der Waals surface area contributed by atoms with Crippen LogP contribution in [0.3, 0.4) is 0 Å². The van der Waals surface area contributed by atoms with Crippen LogP contribution in [0.2, 0.25) is 0 Å². The van der Waals surface area contributed by atoms with Crippen LogP contribution in [0.25, 0.3) is 0 Å². The molecule has 0 amide bonds. The number of Topliss-reactive ketones (excluding diaryl/α,β-unsaturated/α-hetero) is 1. The molecular weight excluding hydrogens is 645 g/mol. The first-order valence-corrected chi connectivity index (χ1v) is 18.0. The summed E-state index contributed by atoms with van der Waals surface area (Å²) in [5, 5.41) is 24.5. The molecule has 258 valence electrons. The zero-order valence-electron chi connectivity index (χ0n) is 27.5. The highest BCUT2D eigenvalue weighted by molar-refractivity contribution is 6.18. The molecule has 9 atom stereocenters. The first kappa shape index (κ1) is 34.7. The van der Waals surface area contributed by atoms with Gasteiger partial charge in [-0.3, -0.25) is 14.4 Å². The van der Waals surface area contributed by atoms with Gasteiger partial charge in [0.2, 0.25) is 5.79 Å². The summed E-state index contributed by atoms with van der Waals surface area (Å²) < 4.78 is 18.4. The van der Waals surface area contributed by atoms with Gasteiger partial charge in [0, 0.05) is 61.1 Å². The van der Waals surface area contributed by atoms with Crippen LogP contribution in [0.4, 0.5) is 5.69 Å². The molecule has 2 aliphatic heterocycles. The smallest absolute Gasteiger partial charge is 0.306 e. The number of esters is 2. The summed E-state index contributed by atoms with van der Waals surface area (Å²) in [5.74, 6) is -4.22. The Morgan fingerprint density at radius 2 is 1.77 bits per heavy atom. The maximum atomic E-state index is 14.4. The van der Waals surface area contributed by atoms with Crippen molar-refractivity contribution in [3.63, 3.8) is 0 Å². The standard InChI is InChI=1S/C36H47Cl2NO8/c1-21-25-12-13-26-34-20-45-36(44,31(43)29(34)33(3,4)15-14-27(34)46-22(2)40)35(26,30(21)42)32(25)47-28(41)7-5-6-23-8-10-24(11-9-23)39(18-16-37)19-17-38/h8-11,25-27,29,31-32,43-44H,1,5-7,12-20H2,2-4H3/t25?,26?,27-,29+,31-,32+,34?,35?,36-/m0/s1. The summed E-state index contributed by atoms with van der Waals surface area (Å²) in [6.07, 6.45) is 0.365. The maximum Gasteiger partial charge on any atom is 0.306 e. The third kappa shape index (κ3) is 5.08. The molecule has 1 aromatic carbocycles. The number of ketones is 1. The Kier molecular flexibility index (Phi) is 9.31. The molecule has 7 rings (SSSR count). The Bertz CT molecular complexity index is 1410. The lowest BCUT2D eigenvalue weighted by molar-refractivity contribution is -0.458. The van der Waals surface area contributed by atoms with E-state index in [-0.39, 0.29) is 18.6 Å². The van der Waals surface area contributed by atoms with Crippen molar-refractivity contribution in [1.29, 1.82) is 0 Å². The van der Waals surface area contributed by atoms with Crippen molar-refractivity contribution in [3.05, 3.63) is 42.0 Å². The van der Waals surface area contributed by atoms with Crippen molar-refractivity contribution >= 4 is 46.6 Å².